The molecule has 7 nitrogen and oxygen atoms in total. The minimum atomic E-state index is -1.61. The van der Waals surface area contributed by atoms with Crippen LogP contribution in [0, 0.1) is 0 Å². The lowest BCUT2D eigenvalue weighted by molar-refractivity contribution is 0.295. The lowest BCUT2D eigenvalue weighted by Crippen LogP contribution is -2.44. The first-order valence-corrected chi connectivity index (χ1v) is 30.3. The Hall–Kier alpha value is 1.46. The highest BCUT2D eigenvalue weighted by molar-refractivity contribution is 6.72. The third kappa shape index (κ3) is 63.1. The van der Waals surface area contributed by atoms with Crippen molar-refractivity contribution in [3.8, 4) is 0 Å². The van der Waals surface area contributed by atoms with Gasteiger partial charge in [-0.2, -0.15) is 0 Å². The van der Waals surface area contributed by atoms with E-state index in [1.807, 2.05) is 65.5 Å². The Morgan fingerprint density at radius 3 is 0.857 bits per heavy atom. The maximum Gasteiger partial charge on any atom is 0.300 e. The summed E-state index contributed by atoms with van der Waals surface area (Å²) < 4.78 is 22.6. The van der Waals surface area contributed by atoms with Crippen LogP contribution in [0.25, 0.3) is 0 Å². The van der Waals surface area contributed by atoms with Crippen molar-refractivity contribution < 1.29 is 30.8 Å². The first-order chi connectivity index (χ1) is 12.5. The predicted molar refractivity (Wildman–Crippen MR) is 144 cm³/mol. The molecule has 0 radical (unpaired) electrons. The molecule has 1 aliphatic rings. The topological polar surface area (TPSA) is 97.6 Å². The van der Waals surface area contributed by atoms with Gasteiger partial charge < -0.3 is 30.8 Å². The van der Waals surface area contributed by atoms with Gasteiger partial charge in [0.2, 0.25) is 0 Å². The van der Waals surface area contributed by atoms with Crippen LogP contribution in [0.5, 0.6) is 0 Å². The Bertz CT molecular complexity index is 254. The van der Waals surface area contributed by atoms with Crippen LogP contribution in [0.1, 0.15) is 0 Å². The SMILES string of the molecule is C[SiH2]O.C[SiH](C)C.C[SiH](C)O.C[SiH]1O[SiH](C)O[SiH](C)O[SiH](C)O1.C[Si](C)(C)O. The maximum absolute atomic E-state index is 8.66. The highest BCUT2D eigenvalue weighted by Gasteiger charge is 2.25. The van der Waals surface area contributed by atoms with E-state index in [0.29, 0.717) is 0 Å². The van der Waals surface area contributed by atoms with Gasteiger partial charge >= 0.3 is 0 Å². The molecule has 176 valence electrons. The molecule has 0 aliphatic carbocycles. The van der Waals surface area contributed by atoms with Crippen LogP contribution in [0.15, 0.2) is 0 Å². The fourth-order valence-electron chi connectivity index (χ4n) is 1.21. The van der Waals surface area contributed by atoms with Gasteiger partial charge in [-0.25, -0.2) is 0 Å². The molecule has 0 unspecified atom stereocenters. The first kappa shape index (κ1) is 36.8. The van der Waals surface area contributed by atoms with Crippen molar-refractivity contribution in [1.82, 2.24) is 0 Å². The lowest BCUT2D eigenvalue weighted by Gasteiger charge is -2.28. The van der Waals surface area contributed by atoms with E-state index in [1.165, 1.54) is 0 Å². The molecule has 1 rings (SSSR count). The summed E-state index contributed by atoms with van der Waals surface area (Å²) in [6.07, 6.45) is 0. The average molecular weight is 543 g/mol. The molecule has 3 N–H and O–H groups in total. The third-order valence-corrected chi connectivity index (χ3v) is 13.8. The Labute approximate surface area is 188 Å². The highest BCUT2D eigenvalue weighted by atomic mass is 28.5. The summed E-state index contributed by atoms with van der Waals surface area (Å²) in [6, 6.07) is 0. The van der Waals surface area contributed by atoms with Crippen molar-refractivity contribution >= 4 is 73.1 Å². The second-order valence-corrected chi connectivity index (χ2v) is 27.6. The normalized spacial score (nSPS) is 25.1. The van der Waals surface area contributed by atoms with E-state index in [9.17, 15) is 0 Å². The van der Waals surface area contributed by atoms with E-state index in [0.717, 1.165) is 0 Å². The molecule has 0 bridgehead atoms. The molecule has 1 heterocycles. The summed E-state index contributed by atoms with van der Waals surface area (Å²) >= 11 is 0. The van der Waals surface area contributed by atoms with Gasteiger partial charge in [0.05, 0.1) is 0 Å². The second-order valence-electron chi connectivity index (χ2n) is 8.13. The molecule has 1 fully saturated rings. The van der Waals surface area contributed by atoms with Crippen LogP contribution in [0.3, 0.4) is 0 Å². The molecule has 0 aromatic rings. The predicted octanol–water partition coefficient (Wildman–Crippen LogP) is 0.457. The summed E-state index contributed by atoms with van der Waals surface area (Å²) in [4.78, 5) is 24.6. The average Bonchev–Trinajstić information content (AvgIpc) is 2.32. The Kier molecular flexibility index (Phi) is 30.4. The first-order valence-electron chi connectivity index (χ1n) is 10.1. The lowest BCUT2D eigenvalue weighted by atomic mass is 11.8. The molecule has 0 spiro atoms. The minimum Gasteiger partial charge on any atom is -0.438 e. The van der Waals surface area contributed by atoms with Crippen LogP contribution in [0.4, 0.5) is 0 Å². The molecule has 1 aliphatic heterocycles. The van der Waals surface area contributed by atoms with Gasteiger partial charge in [-0.3, -0.25) is 0 Å². The Balaban J connectivity index is -0.000000150. The van der Waals surface area contributed by atoms with Crippen LogP contribution < -0.4 is 0 Å². The van der Waals surface area contributed by atoms with Gasteiger partial charge in [0.15, 0.2) is 27.1 Å². The van der Waals surface area contributed by atoms with Gasteiger partial charge in [-0.15, -0.1) is 0 Å². The highest BCUT2D eigenvalue weighted by Crippen LogP contribution is 2.06. The molecule has 0 aromatic carbocycles. The zero-order valence-corrected chi connectivity index (χ0v) is 30.0. The van der Waals surface area contributed by atoms with Crippen molar-refractivity contribution in [3.05, 3.63) is 0 Å². The summed E-state index contributed by atoms with van der Waals surface area (Å²) in [5.41, 5.74) is 0. The zero-order valence-electron chi connectivity index (χ0n) is 20.6. The van der Waals surface area contributed by atoms with Gasteiger partial charge in [-0.05, 0) is 58.9 Å². The fourth-order valence-corrected chi connectivity index (χ4v) is 13.2. The largest absolute Gasteiger partial charge is 0.438 e. The molecular formula is C13H50O7Si8. The second kappa shape index (κ2) is 23.1. The molecule has 0 atom stereocenters. The number of hydrogen-bond donors (Lipinski definition) is 3. The van der Waals surface area contributed by atoms with Crippen molar-refractivity contribution in [2.24, 2.45) is 0 Å². The molecular weight excluding hydrogens is 493 g/mol. The molecule has 1 saturated heterocycles. The number of rotatable bonds is 0. The summed E-state index contributed by atoms with van der Waals surface area (Å²) in [5, 5.41) is 0. The van der Waals surface area contributed by atoms with E-state index in [1.54, 1.807) is 0 Å². The molecule has 0 saturated carbocycles. The summed E-state index contributed by atoms with van der Waals surface area (Å²) in [7, 11) is -9.14. The van der Waals surface area contributed by atoms with Crippen LogP contribution >= 0.6 is 0 Å². The molecule has 0 amide bonds. The Morgan fingerprint density at radius 1 is 0.714 bits per heavy atom. The smallest absolute Gasteiger partial charge is 0.300 e. The monoisotopic (exact) mass is 542 g/mol. The molecule has 0 aromatic heterocycles. The molecule has 28 heavy (non-hydrogen) atoms. The summed E-state index contributed by atoms with van der Waals surface area (Å²) in [6.45, 7) is 26.3. The zero-order chi connectivity index (χ0) is 23.5. The molecule has 15 heteroatoms. The number of hydrogen-bond acceptors (Lipinski definition) is 7. The van der Waals surface area contributed by atoms with Gasteiger partial charge in [0.25, 0.3) is 37.1 Å². The van der Waals surface area contributed by atoms with Crippen molar-refractivity contribution in [2.45, 2.75) is 85.1 Å². The van der Waals surface area contributed by atoms with E-state index >= 15 is 0 Å². The van der Waals surface area contributed by atoms with Gasteiger partial charge in [0.1, 0.15) is 0 Å². The van der Waals surface area contributed by atoms with Crippen molar-refractivity contribution in [1.29, 1.82) is 0 Å². The fraction of sp³-hybridized carbons (Fsp3) is 1.00. The Morgan fingerprint density at radius 2 is 0.786 bits per heavy atom. The minimum absolute atomic E-state index is 0.139. The standard InChI is InChI=1S/C4H16O4Si4.C3H10OSi.C3H10Si.C2H8OSi.CH6OSi/c1-9-5-10(2)7-12(4)8-11(3)6-9;1-5(2,3)4;2*1-4(2)3;1-3-2/h9-12H,1-4H3;4H,1-3H3;4H,1-3H3;3-4H,1-2H3;2H,3H2,1H3. The van der Waals surface area contributed by atoms with Gasteiger partial charge in [0, 0.05) is 8.80 Å². The van der Waals surface area contributed by atoms with Crippen LogP contribution in [-0.2, 0) is 16.5 Å². The maximum atomic E-state index is 8.66. The van der Waals surface area contributed by atoms with E-state index in [-0.39, 0.29) is 8.80 Å². The third-order valence-electron chi connectivity index (χ3n) is 1.53. The van der Waals surface area contributed by atoms with Crippen molar-refractivity contribution in [2.75, 3.05) is 0 Å². The summed E-state index contributed by atoms with van der Waals surface area (Å²) in [5.74, 6) is 0. The van der Waals surface area contributed by atoms with Crippen molar-refractivity contribution in [3.63, 3.8) is 0 Å². The van der Waals surface area contributed by atoms with Crippen LogP contribution in [0.2, 0.25) is 85.1 Å². The van der Waals surface area contributed by atoms with E-state index < -0.39 is 64.3 Å². The van der Waals surface area contributed by atoms with E-state index in [2.05, 4.69) is 19.6 Å². The quantitative estimate of drug-likeness (QED) is 0.382. The van der Waals surface area contributed by atoms with Gasteiger partial charge in [-0.1, -0.05) is 26.2 Å². The van der Waals surface area contributed by atoms with Crippen LogP contribution in [-0.4, -0.2) is 87.4 Å². The van der Waals surface area contributed by atoms with E-state index in [4.69, 9.17) is 30.8 Å².